The Labute approximate surface area is 135 Å². The number of rotatable bonds is 4. The minimum Gasteiger partial charge on any atom is -0.390 e. The topological polar surface area (TPSA) is 57.2 Å². The molecule has 3 N–H and O–H groups in total. The van der Waals surface area contributed by atoms with Crippen molar-refractivity contribution in [3.63, 3.8) is 0 Å². The van der Waals surface area contributed by atoms with Crippen molar-refractivity contribution in [2.45, 2.75) is 31.8 Å². The van der Waals surface area contributed by atoms with Gasteiger partial charge in [-0.05, 0) is 50.9 Å². The van der Waals surface area contributed by atoms with E-state index in [4.69, 9.17) is 11.6 Å². The van der Waals surface area contributed by atoms with Crippen LogP contribution in [0, 0.1) is 6.92 Å². The fourth-order valence-electron chi connectivity index (χ4n) is 3.01. The van der Waals surface area contributed by atoms with E-state index in [1.807, 2.05) is 25.1 Å². The normalized spacial score (nSPS) is 17.6. The quantitative estimate of drug-likeness (QED) is 0.810. The van der Waals surface area contributed by atoms with Crippen molar-refractivity contribution in [2.24, 2.45) is 0 Å². The van der Waals surface area contributed by atoms with E-state index in [9.17, 15) is 5.11 Å². The minimum atomic E-state index is -0.546. The number of piperidine rings is 1. The van der Waals surface area contributed by atoms with Crippen LogP contribution in [0.25, 0.3) is 10.9 Å². The molecular formula is C17H22ClN3O. The van der Waals surface area contributed by atoms with E-state index in [1.165, 1.54) is 0 Å². The molecule has 1 saturated heterocycles. The zero-order chi connectivity index (χ0) is 15.6. The maximum atomic E-state index is 10.5. The molecule has 1 fully saturated rings. The predicted molar refractivity (Wildman–Crippen MR) is 91.7 cm³/mol. The molecule has 3 rings (SSSR count). The molecule has 118 valence electrons. The van der Waals surface area contributed by atoms with E-state index < -0.39 is 5.60 Å². The lowest BCUT2D eigenvalue weighted by atomic mass is 9.89. The molecule has 2 heterocycles. The molecule has 1 aliphatic rings. The average molecular weight is 320 g/mol. The minimum absolute atomic E-state index is 0.546. The summed E-state index contributed by atoms with van der Waals surface area (Å²) in [6, 6.07) is 6.02. The van der Waals surface area contributed by atoms with Gasteiger partial charge in [0.15, 0.2) is 0 Å². The van der Waals surface area contributed by atoms with Gasteiger partial charge in [-0.1, -0.05) is 23.7 Å². The first kappa shape index (κ1) is 15.5. The van der Waals surface area contributed by atoms with Gasteiger partial charge in [0.25, 0.3) is 0 Å². The molecule has 0 saturated carbocycles. The van der Waals surface area contributed by atoms with Gasteiger partial charge in [0.1, 0.15) is 0 Å². The lowest BCUT2D eigenvalue weighted by molar-refractivity contribution is 0.00574. The van der Waals surface area contributed by atoms with Crippen LogP contribution in [0.4, 0.5) is 5.69 Å². The van der Waals surface area contributed by atoms with E-state index in [1.54, 1.807) is 6.20 Å². The van der Waals surface area contributed by atoms with Crippen molar-refractivity contribution in [2.75, 3.05) is 25.0 Å². The summed E-state index contributed by atoms with van der Waals surface area (Å²) in [5.41, 5.74) is 2.33. The van der Waals surface area contributed by atoms with Crippen LogP contribution in [0.3, 0.4) is 0 Å². The molecule has 1 aromatic carbocycles. The summed E-state index contributed by atoms with van der Waals surface area (Å²) in [5.74, 6) is 0. The highest BCUT2D eigenvalue weighted by Crippen LogP contribution is 2.30. The fourth-order valence-corrected chi connectivity index (χ4v) is 3.22. The number of fused-ring (bicyclic) bond motifs is 1. The van der Waals surface area contributed by atoms with E-state index >= 15 is 0 Å². The number of hydrogen-bond donors (Lipinski definition) is 3. The molecule has 2 aromatic rings. The summed E-state index contributed by atoms with van der Waals surface area (Å²) >= 11 is 6.34. The van der Waals surface area contributed by atoms with Gasteiger partial charge in [-0.25, -0.2) is 0 Å². The molecule has 22 heavy (non-hydrogen) atoms. The molecular weight excluding hydrogens is 298 g/mol. The van der Waals surface area contributed by atoms with Crippen molar-refractivity contribution in [1.29, 1.82) is 0 Å². The SMILES string of the molecule is Cc1ccc2c(NCCC3(O)CCNCC3)ccnc2c1Cl. The summed E-state index contributed by atoms with van der Waals surface area (Å²) in [7, 11) is 0. The Morgan fingerprint density at radius 2 is 2.09 bits per heavy atom. The van der Waals surface area contributed by atoms with Gasteiger partial charge in [-0.15, -0.1) is 0 Å². The molecule has 0 spiro atoms. The number of pyridine rings is 1. The van der Waals surface area contributed by atoms with Gasteiger partial charge in [0.05, 0.1) is 16.1 Å². The third kappa shape index (κ3) is 3.19. The second kappa shape index (κ2) is 6.41. The van der Waals surface area contributed by atoms with Gasteiger partial charge < -0.3 is 15.7 Å². The Kier molecular flexibility index (Phi) is 4.52. The monoisotopic (exact) mass is 319 g/mol. The number of anilines is 1. The van der Waals surface area contributed by atoms with Crippen molar-refractivity contribution in [3.8, 4) is 0 Å². The standard InChI is InChI=1S/C17H22ClN3O/c1-12-2-3-13-14(4-8-21-16(13)15(12)18)20-11-7-17(22)5-9-19-10-6-17/h2-4,8,19,22H,5-7,9-11H2,1H3,(H,20,21). The number of aromatic nitrogens is 1. The number of halogens is 1. The number of aryl methyl sites for hydroxylation is 1. The molecule has 0 bridgehead atoms. The Balaban J connectivity index is 1.73. The fraction of sp³-hybridized carbons (Fsp3) is 0.471. The summed E-state index contributed by atoms with van der Waals surface area (Å²) in [5, 5.41) is 19.0. The van der Waals surface area contributed by atoms with E-state index in [0.717, 1.165) is 61.1 Å². The number of hydrogen-bond acceptors (Lipinski definition) is 4. The molecule has 5 heteroatoms. The summed E-state index contributed by atoms with van der Waals surface area (Å²) < 4.78 is 0. The molecule has 4 nitrogen and oxygen atoms in total. The van der Waals surface area contributed by atoms with Crippen molar-refractivity contribution in [1.82, 2.24) is 10.3 Å². The van der Waals surface area contributed by atoms with E-state index in [0.29, 0.717) is 5.02 Å². The van der Waals surface area contributed by atoms with Crippen LogP contribution < -0.4 is 10.6 Å². The number of nitrogens with zero attached hydrogens (tertiary/aromatic N) is 1. The van der Waals surface area contributed by atoms with Crippen LogP contribution in [-0.4, -0.2) is 35.3 Å². The first-order valence-corrected chi connectivity index (χ1v) is 8.18. The maximum Gasteiger partial charge on any atom is 0.0911 e. The van der Waals surface area contributed by atoms with Crippen molar-refractivity contribution >= 4 is 28.2 Å². The molecule has 1 aliphatic heterocycles. The summed E-state index contributed by atoms with van der Waals surface area (Å²) in [6.45, 7) is 4.50. The number of aliphatic hydroxyl groups is 1. The van der Waals surface area contributed by atoms with Crippen LogP contribution >= 0.6 is 11.6 Å². The Morgan fingerprint density at radius 1 is 1.32 bits per heavy atom. The van der Waals surface area contributed by atoms with Crippen LogP contribution in [0.1, 0.15) is 24.8 Å². The third-order valence-electron chi connectivity index (χ3n) is 4.48. The molecule has 1 aromatic heterocycles. The maximum absolute atomic E-state index is 10.5. The zero-order valence-corrected chi connectivity index (χ0v) is 13.6. The molecule has 0 atom stereocenters. The smallest absolute Gasteiger partial charge is 0.0911 e. The molecule has 0 aliphatic carbocycles. The number of benzene rings is 1. The van der Waals surface area contributed by atoms with Crippen LogP contribution in [-0.2, 0) is 0 Å². The first-order valence-electron chi connectivity index (χ1n) is 7.80. The molecule has 0 radical (unpaired) electrons. The largest absolute Gasteiger partial charge is 0.390 e. The second-order valence-corrected chi connectivity index (χ2v) is 6.48. The van der Waals surface area contributed by atoms with Crippen LogP contribution in [0.15, 0.2) is 24.4 Å². The molecule has 0 unspecified atom stereocenters. The Morgan fingerprint density at radius 3 is 2.86 bits per heavy atom. The van der Waals surface area contributed by atoms with E-state index in [-0.39, 0.29) is 0 Å². The average Bonchev–Trinajstić information content (AvgIpc) is 2.52. The highest BCUT2D eigenvalue weighted by Gasteiger charge is 2.28. The van der Waals surface area contributed by atoms with Gasteiger partial charge >= 0.3 is 0 Å². The van der Waals surface area contributed by atoms with Gasteiger partial charge in [0, 0.05) is 23.8 Å². The summed E-state index contributed by atoms with van der Waals surface area (Å²) in [6.07, 6.45) is 4.15. The number of nitrogens with one attached hydrogen (secondary N) is 2. The van der Waals surface area contributed by atoms with Gasteiger partial charge in [0.2, 0.25) is 0 Å². The predicted octanol–water partition coefficient (Wildman–Crippen LogP) is 3.11. The van der Waals surface area contributed by atoms with E-state index in [2.05, 4.69) is 15.6 Å². The lowest BCUT2D eigenvalue weighted by Gasteiger charge is -2.32. The highest BCUT2D eigenvalue weighted by molar-refractivity contribution is 6.36. The second-order valence-electron chi connectivity index (χ2n) is 6.10. The Bertz CT molecular complexity index is 668. The van der Waals surface area contributed by atoms with Crippen LogP contribution in [0.5, 0.6) is 0 Å². The Hall–Kier alpha value is -1.36. The highest BCUT2D eigenvalue weighted by atomic mass is 35.5. The summed E-state index contributed by atoms with van der Waals surface area (Å²) in [4.78, 5) is 4.38. The van der Waals surface area contributed by atoms with Crippen molar-refractivity contribution in [3.05, 3.63) is 35.0 Å². The third-order valence-corrected chi connectivity index (χ3v) is 4.96. The molecule has 0 amide bonds. The first-order chi connectivity index (χ1) is 10.6. The zero-order valence-electron chi connectivity index (χ0n) is 12.8. The van der Waals surface area contributed by atoms with Gasteiger partial charge in [-0.2, -0.15) is 0 Å². The van der Waals surface area contributed by atoms with Crippen LogP contribution in [0.2, 0.25) is 5.02 Å². The lowest BCUT2D eigenvalue weighted by Crippen LogP contribution is -2.42. The van der Waals surface area contributed by atoms with Gasteiger partial charge in [-0.3, -0.25) is 4.98 Å². The van der Waals surface area contributed by atoms with Crippen molar-refractivity contribution < 1.29 is 5.11 Å².